The van der Waals surface area contributed by atoms with Crippen LogP contribution >= 0.6 is 11.3 Å². The van der Waals surface area contributed by atoms with E-state index in [-0.39, 0.29) is 16.4 Å². The lowest BCUT2D eigenvalue weighted by atomic mass is 9.99. The van der Waals surface area contributed by atoms with E-state index >= 15 is 0 Å². The predicted molar refractivity (Wildman–Crippen MR) is 150 cm³/mol. The van der Waals surface area contributed by atoms with Crippen LogP contribution in [0.2, 0.25) is 0 Å². The summed E-state index contributed by atoms with van der Waals surface area (Å²) >= 11 is 1.13. The van der Waals surface area contributed by atoms with Gasteiger partial charge in [0, 0.05) is 17.7 Å². The molecule has 7 nitrogen and oxygen atoms in total. The lowest BCUT2D eigenvalue weighted by Gasteiger charge is -2.12. The highest BCUT2D eigenvalue weighted by Gasteiger charge is 2.29. The Balaban J connectivity index is 1.85. The smallest absolute Gasteiger partial charge is 0.231 e. The minimum atomic E-state index is -3.40. The van der Waals surface area contributed by atoms with Crippen molar-refractivity contribution in [1.82, 2.24) is 9.88 Å². The van der Waals surface area contributed by atoms with Gasteiger partial charge in [0.1, 0.15) is 15.8 Å². The Labute approximate surface area is 226 Å². The number of hydrogen-bond donors (Lipinski definition) is 1. The Morgan fingerprint density at radius 3 is 2.26 bits per heavy atom. The largest absolute Gasteiger partial charge is 0.369 e. The molecule has 0 aliphatic rings. The molecule has 4 aromatic rings. The van der Waals surface area contributed by atoms with E-state index in [1.54, 1.807) is 43.3 Å². The Kier molecular flexibility index (Phi) is 8.20. The number of nitrogens with two attached hydrogens (primary N) is 1. The summed E-state index contributed by atoms with van der Waals surface area (Å²) in [4.78, 5) is 33.7. The molecule has 1 atom stereocenters. The van der Waals surface area contributed by atoms with Crippen LogP contribution in [0.1, 0.15) is 44.2 Å². The maximum absolute atomic E-state index is 13.6. The lowest BCUT2D eigenvalue weighted by molar-refractivity contribution is -0.118. The second kappa shape index (κ2) is 11.4. The normalized spacial score (nSPS) is 12.4. The molecule has 4 rings (SSSR count). The third kappa shape index (κ3) is 5.91. The first-order chi connectivity index (χ1) is 18.1. The maximum Gasteiger partial charge on any atom is 0.231 e. The third-order valence-corrected chi connectivity index (χ3v) is 8.94. The van der Waals surface area contributed by atoms with Crippen molar-refractivity contribution < 1.29 is 18.0 Å². The van der Waals surface area contributed by atoms with Crippen molar-refractivity contribution in [2.75, 3.05) is 19.8 Å². The molecule has 0 bridgehead atoms. The SMILES string of the molecule is CCS(=O)(=O)c1ccc(C(C(N)=O)c2nc(-c3cccc(CN(C)C)c3)c(C(=O)c3ccccc3)s2)cc1. The molecule has 196 valence electrons. The molecule has 0 spiro atoms. The number of hydrogen-bond acceptors (Lipinski definition) is 7. The van der Waals surface area contributed by atoms with E-state index in [9.17, 15) is 18.0 Å². The Bertz CT molecular complexity index is 1560. The number of carbonyl (C=O) groups excluding carboxylic acids is 2. The molecule has 9 heteroatoms. The molecule has 0 aliphatic heterocycles. The van der Waals surface area contributed by atoms with Gasteiger partial charge >= 0.3 is 0 Å². The molecule has 38 heavy (non-hydrogen) atoms. The zero-order chi connectivity index (χ0) is 27.4. The van der Waals surface area contributed by atoms with Crippen molar-refractivity contribution in [2.45, 2.75) is 24.3 Å². The van der Waals surface area contributed by atoms with Gasteiger partial charge in [-0.05, 0) is 43.4 Å². The van der Waals surface area contributed by atoms with Crippen LogP contribution in [0.25, 0.3) is 11.3 Å². The number of primary amides is 1. The molecular formula is C29H29N3O4S2. The van der Waals surface area contributed by atoms with E-state index in [0.717, 1.165) is 22.5 Å². The van der Waals surface area contributed by atoms with Gasteiger partial charge in [-0.1, -0.05) is 67.6 Å². The van der Waals surface area contributed by atoms with Crippen molar-refractivity contribution in [3.63, 3.8) is 0 Å². The van der Waals surface area contributed by atoms with Crippen LogP contribution in [0.15, 0.2) is 83.8 Å². The second-order valence-electron chi connectivity index (χ2n) is 9.17. The summed E-state index contributed by atoms with van der Waals surface area (Å²) in [5.74, 6) is -1.81. The Morgan fingerprint density at radius 2 is 1.66 bits per heavy atom. The van der Waals surface area contributed by atoms with Gasteiger partial charge in [0.15, 0.2) is 9.84 Å². The topological polar surface area (TPSA) is 110 Å². The quantitative estimate of drug-likeness (QED) is 0.293. The van der Waals surface area contributed by atoms with E-state index in [4.69, 9.17) is 10.7 Å². The summed E-state index contributed by atoms with van der Waals surface area (Å²) in [6.07, 6.45) is 0. The zero-order valence-corrected chi connectivity index (χ0v) is 23.1. The monoisotopic (exact) mass is 547 g/mol. The van der Waals surface area contributed by atoms with Crippen molar-refractivity contribution in [1.29, 1.82) is 0 Å². The highest BCUT2D eigenvalue weighted by atomic mass is 32.2. The minimum Gasteiger partial charge on any atom is -0.369 e. The fourth-order valence-electron chi connectivity index (χ4n) is 4.18. The highest BCUT2D eigenvalue weighted by Crippen LogP contribution is 2.36. The minimum absolute atomic E-state index is 0.0285. The van der Waals surface area contributed by atoms with Gasteiger partial charge in [-0.25, -0.2) is 13.4 Å². The average molecular weight is 548 g/mol. The number of sulfone groups is 1. The first kappa shape index (κ1) is 27.4. The number of ketones is 1. The molecule has 0 saturated carbocycles. The van der Waals surface area contributed by atoms with Crippen LogP contribution < -0.4 is 5.73 Å². The summed E-state index contributed by atoms with van der Waals surface area (Å²) in [6, 6.07) is 22.8. The van der Waals surface area contributed by atoms with Gasteiger partial charge in [0.25, 0.3) is 0 Å². The van der Waals surface area contributed by atoms with E-state index in [1.807, 2.05) is 49.3 Å². The molecule has 1 unspecified atom stereocenters. The Hall–Kier alpha value is -3.66. The molecule has 2 N–H and O–H groups in total. The number of nitrogens with zero attached hydrogens (tertiary/aromatic N) is 2. The van der Waals surface area contributed by atoms with Crippen molar-refractivity contribution in [3.8, 4) is 11.3 Å². The summed E-state index contributed by atoms with van der Waals surface area (Å²) < 4.78 is 24.5. The molecule has 0 aliphatic carbocycles. The van der Waals surface area contributed by atoms with E-state index < -0.39 is 21.7 Å². The van der Waals surface area contributed by atoms with Crippen LogP contribution in [0, 0.1) is 0 Å². The fraction of sp³-hybridized carbons (Fsp3) is 0.207. The predicted octanol–water partition coefficient (Wildman–Crippen LogP) is 4.51. The third-order valence-electron chi connectivity index (χ3n) is 6.07. The van der Waals surface area contributed by atoms with Crippen LogP contribution in [0.5, 0.6) is 0 Å². The molecule has 1 heterocycles. The Morgan fingerprint density at radius 1 is 0.974 bits per heavy atom. The number of carbonyl (C=O) groups is 2. The molecular weight excluding hydrogens is 518 g/mol. The van der Waals surface area contributed by atoms with Crippen molar-refractivity contribution >= 4 is 32.9 Å². The number of benzene rings is 3. The van der Waals surface area contributed by atoms with Crippen LogP contribution in [0.4, 0.5) is 0 Å². The van der Waals surface area contributed by atoms with Crippen LogP contribution in [0.3, 0.4) is 0 Å². The van der Waals surface area contributed by atoms with Gasteiger partial charge < -0.3 is 10.6 Å². The first-order valence-corrected chi connectivity index (χ1v) is 14.5. The molecule has 1 amide bonds. The van der Waals surface area contributed by atoms with Gasteiger partial charge in [0.05, 0.1) is 16.3 Å². The highest BCUT2D eigenvalue weighted by molar-refractivity contribution is 7.91. The van der Waals surface area contributed by atoms with Crippen LogP contribution in [-0.2, 0) is 21.2 Å². The van der Waals surface area contributed by atoms with Crippen LogP contribution in [-0.4, -0.2) is 49.8 Å². The lowest BCUT2D eigenvalue weighted by Crippen LogP contribution is -2.22. The second-order valence-corrected chi connectivity index (χ2v) is 12.5. The first-order valence-electron chi connectivity index (χ1n) is 12.1. The summed E-state index contributed by atoms with van der Waals surface area (Å²) in [6.45, 7) is 2.29. The average Bonchev–Trinajstić information content (AvgIpc) is 3.33. The number of rotatable bonds is 10. The number of thiazole rings is 1. The van der Waals surface area contributed by atoms with E-state index in [2.05, 4.69) is 0 Å². The summed E-state index contributed by atoms with van der Waals surface area (Å²) in [5, 5.41) is 0.371. The van der Waals surface area contributed by atoms with Crippen molar-refractivity contribution in [3.05, 3.63) is 105 Å². The van der Waals surface area contributed by atoms with Gasteiger partial charge in [-0.2, -0.15) is 0 Å². The van der Waals surface area contributed by atoms with E-state index in [1.165, 1.54) is 12.1 Å². The number of aromatic nitrogens is 1. The van der Waals surface area contributed by atoms with Gasteiger partial charge in [0.2, 0.25) is 11.7 Å². The van der Waals surface area contributed by atoms with Gasteiger partial charge in [-0.3, -0.25) is 9.59 Å². The molecule has 0 saturated heterocycles. The fourth-order valence-corrected chi connectivity index (χ4v) is 6.25. The molecule has 1 aromatic heterocycles. The maximum atomic E-state index is 13.6. The zero-order valence-electron chi connectivity index (χ0n) is 21.4. The molecule has 3 aromatic carbocycles. The summed E-state index contributed by atoms with van der Waals surface area (Å²) in [5.41, 5.74) is 9.15. The van der Waals surface area contributed by atoms with Gasteiger partial charge in [-0.15, -0.1) is 11.3 Å². The standard InChI is InChI=1S/C29H29N3O4S2/c1-4-38(35,36)23-15-13-20(14-16-23)24(28(30)34)29-31-25(22-12-8-9-19(17-22)18-32(2)3)27(37-29)26(33)21-10-6-5-7-11-21/h5-17,24H,4,18H2,1-3H3,(H2,30,34). The summed E-state index contributed by atoms with van der Waals surface area (Å²) in [7, 11) is 0.561. The molecule has 0 fully saturated rings. The van der Waals surface area contributed by atoms with E-state index in [0.29, 0.717) is 33.3 Å². The number of amides is 1. The van der Waals surface area contributed by atoms with Crippen molar-refractivity contribution in [2.24, 2.45) is 5.73 Å². The molecule has 0 radical (unpaired) electrons.